The molecule has 1 aromatic carbocycles. The van der Waals surface area contributed by atoms with Gasteiger partial charge >= 0.3 is 12.6 Å². The third-order valence-corrected chi connectivity index (χ3v) is 3.04. The zero-order valence-corrected chi connectivity index (χ0v) is 12.5. The Morgan fingerprint density at radius 3 is 2.55 bits per heavy atom. The Morgan fingerprint density at radius 2 is 2.05 bits per heavy atom. The highest BCUT2D eigenvalue weighted by Crippen LogP contribution is 2.20. The summed E-state index contributed by atoms with van der Waals surface area (Å²) in [4.78, 5) is 11.1. The summed E-state index contributed by atoms with van der Waals surface area (Å²) >= 11 is 0. The summed E-state index contributed by atoms with van der Waals surface area (Å²) in [5.41, 5.74) is 0.521. The van der Waals surface area contributed by atoms with Gasteiger partial charge in [0.1, 0.15) is 0 Å². The molecular weight excluding hydrogens is 299 g/mol. The van der Waals surface area contributed by atoms with Gasteiger partial charge in [-0.2, -0.15) is 8.78 Å². The van der Waals surface area contributed by atoms with E-state index in [1.165, 1.54) is 6.07 Å². The van der Waals surface area contributed by atoms with E-state index < -0.39 is 30.1 Å². The van der Waals surface area contributed by atoms with Gasteiger partial charge in [-0.3, -0.25) is 4.79 Å². The van der Waals surface area contributed by atoms with Gasteiger partial charge in [-0.1, -0.05) is 19.9 Å². The van der Waals surface area contributed by atoms with E-state index in [2.05, 4.69) is 10.1 Å². The van der Waals surface area contributed by atoms with Crippen LogP contribution in [0.25, 0.3) is 0 Å². The number of alkyl halides is 2. The van der Waals surface area contributed by atoms with Crippen molar-refractivity contribution in [1.29, 1.82) is 0 Å². The Hall–Kier alpha value is -1.76. The average molecular weight is 319 g/mol. The molecule has 1 rings (SSSR count). The molecular formula is C15H20F3NO3. The second-order valence-electron chi connectivity index (χ2n) is 5.44. The lowest BCUT2D eigenvalue weighted by Gasteiger charge is -2.15. The lowest BCUT2D eigenvalue weighted by atomic mass is 9.97. The molecule has 2 N–H and O–H groups in total. The van der Waals surface area contributed by atoms with Gasteiger partial charge in [-0.25, -0.2) is 4.39 Å². The first kappa shape index (κ1) is 18.3. The van der Waals surface area contributed by atoms with Crippen LogP contribution in [0.3, 0.4) is 0 Å². The van der Waals surface area contributed by atoms with E-state index in [0.29, 0.717) is 12.0 Å². The fourth-order valence-electron chi connectivity index (χ4n) is 2.08. The molecule has 0 bridgehead atoms. The van der Waals surface area contributed by atoms with Gasteiger partial charge < -0.3 is 15.2 Å². The number of nitrogens with one attached hydrogen (secondary N) is 1. The smallest absolute Gasteiger partial charge is 0.387 e. The highest BCUT2D eigenvalue weighted by Gasteiger charge is 2.18. The molecule has 0 saturated heterocycles. The Bertz CT molecular complexity index is 495. The van der Waals surface area contributed by atoms with E-state index in [-0.39, 0.29) is 19.0 Å². The minimum Gasteiger partial charge on any atom is -0.481 e. The minimum atomic E-state index is -3.08. The van der Waals surface area contributed by atoms with Crippen LogP contribution < -0.4 is 10.1 Å². The number of rotatable bonds is 9. The van der Waals surface area contributed by atoms with E-state index >= 15 is 0 Å². The van der Waals surface area contributed by atoms with Gasteiger partial charge in [0.15, 0.2) is 11.6 Å². The molecule has 0 spiro atoms. The number of halogens is 3. The standard InChI is InChI=1S/C15H20F3NO3/c1-9(2)5-11(14(20)21)8-19-7-10-3-4-13(12(16)6-10)22-15(17)18/h3-4,6,9,11,15,19H,5,7-8H2,1-2H3,(H,20,21). The van der Waals surface area contributed by atoms with Gasteiger partial charge in [0.05, 0.1) is 5.92 Å². The van der Waals surface area contributed by atoms with E-state index in [0.717, 1.165) is 12.1 Å². The predicted octanol–water partition coefficient (Wildman–Crippen LogP) is 3.26. The van der Waals surface area contributed by atoms with Crippen molar-refractivity contribution in [3.63, 3.8) is 0 Å². The third-order valence-electron chi connectivity index (χ3n) is 3.04. The largest absolute Gasteiger partial charge is 0.481 e. The lowest BCUT2D eigenvalue weighted by molar-refractivity contribution is -0.142. The molecule has 1 atom stereocenters. The van der Waals surface area contributed by atoms with Gasteiger partial charge in [0.25, 0.3) is 0 Å². The third kappa shape index (κ3) is 6.34. The van der Waals surface area contributed by atoms with Crippen LogP contribution >= 0.6 is 0 Å². The fraction of sp³-hybridized carbons (Fsp3) is 0.533. The molecule has 124 valence electrons. The first-order valence-electron chi connectivity index (χ1n) is 6.96. The first-order chi connectivity index (χ1) is 10.3. The first-order valence-corrected chi connectivity index (χ1v) is 6.96. The van der Waals surface area contributed by atoms with E-state index in [1.807, 2.05) is 13.8 Å². The monoisotopic (exact) mass is 319 g/mol. The number of aliphatic carboxylic acids is 1. The Balaban J connectivity index is 2.54. The number of carbonyl (C=O) groups is 1. The summed E-state index contributed by atoms with van der Waals surface area (Å²) < 4.78 is 41.6. The molecule has 0 saturated carbocycles. The van der Waals surface area contributed by atoms with Crippen molar-refractivity contribution < 1.29 is 27.8 Å². The summed E-state index contributed by atoms with van der Waals surface area (Å²) in [6, 6.07) is 3.66. The van der Waals surface area contributed by atoms with Crippen molar-refractivity contribution in [3.05, 3.63) is 29.6 Å². The maximum atomic E-state index is 13.5. The highest BCUT2D eigenvalue weighted by molar-refractivity contribution is 5.70. The van der Waals surface area contributed by atoms with Crippen LogP contribution in [0.2, 0.25) is 0 Å². The molecule has 0 aliphatic heterocycles. The molecule has 22 heavy (non-hydrogen) atoms. The van der Waals surface area contributed by atoms with E-state index in [9.17, 15) is 18.0 Å². The average Bonchev–Trinajstić information content (AvgIpc) is 2.39. The van der Waals surface area contributed by atoms with Crippen LogP contribution in [0.4, 0.5) is 13.2 Å². The zero-order chi connectivity index (χ0) is 16.7. The maximum absolute atomic E-state index is 13.5. The second kappa shape index (κ2) is 8.63. The summed E-state index contributed by atoms with van der Waals surface area (Å²) in [6.07, 6.45) is 0.540. The molecule has 0 aliphatic rings. The van der Waals surface area contributed by atoms with Crippen LogP contribution in [-0.4, -0.2) is 24.2 Å². The molecule has 4 nitrogen and oxygen atoms in total. The van der Waals surface area contributed by atoms with Crippen LogP contribution in [0.1, 0.15) is 25.8 Å². The minimum absolute atomic E-state index is 0.244. The molecule has 0 aliphatic carbocycles. The van der Waals surface area contributed by atoms with E-state index in [4.69, 9.17) is 5.11 Å². The molecule has 1 aromatic rings. The van der Waals surface area contributed by atoms with Crippen LogP contribution in [0.15, 0.2) is 18.2 Å². The molecule has 0 aromatic heterocycles. The molecule has 0 fully saturated rings. The second-order valence-corrected chi connectivity index (χ2v) is 5.44. The van der Waals surface area contributed by atoms with Crippen molar-refractivity contribution in [2.24, 2.45) is 11.8 Å². The predicted molar refractivity (Wildman–Crippen MR) is 75.3 cm³/mol. The van der Waals surface area contributed by atoms with Gasteiger partial charge in [-0.15, -0.1) is 0 Å². The van der Waals surface area contributed by atoms with Crippen LogP contribution in [0, 0.1) is 17.7 Å². The van der Waals surface area contributed by atoms with Gasteiger partial charge in [-0.05, 0) is 30.0 Å². The Labute approximate surface area is 127 Å². The maximum Gasteiger partial charge on any atom is 0.387 e. The van der Waals surface area contributed by atoms with Crippen molar-refractivity contribution in [2.75, 3.05) is 6.54 Å². The summed E-state index contributed by atoms with van der Waals surface area (Å²) in [7, 11) is 0. The molecule has 0 radical (unpaired) electrons. The van der Waals surface area contributed by atoms with Gasteiger partial charge in [0, 0.05) is 13.1 Å². The van der Waals surface area contributed by atoms with Crippen molar-refractivity contribution in [1.82, 2.24) is 5.32 Å². The molecule has 0 amide bonds. The zero-order valence-electron chi connectivity index (χ0n) is 12.5. The summed E-state index contributed by atoms with van der Waals surface area (Å²) in [5, 5.41) is 12.0. The van der Waals surface area contributed by atoms with Crippen LogP contribution in [0.5, 0.6) is 5.75 Å². The SMILES string of the molecule is CC(C)CC(CNCc1ccc(OC(F)F)c(F)c1)C(=O)O. The number of benzene rings is 1. The number of hydrogen-bond donors (Lipinski definition) is 2. The molecule has 1 unspecified atom stereocenters. The number of carboxylic acid groups (broad SMARTS) is 1. The van der Waals surface area contributed by atoms with Crippen molar-refractivity contribution in [3.8, 4) is 5.75 Å². The Kier molecular flexibility index (Phi) is 7.17. The fourth-order valence-corrected chi connectivity index (χ4v) is 2.08. The summed E-state index contributed by atoms with van der Waals surface area (Å²) in [5.74, 6) is -2.54. The normalized spacial score (nSPS) is 12.7. The summed E-state index contributed by atoms with van der Waals surface area (Å²) in [6.45, 7) is 1.30. The van der Waals surface area contributed by atoms with E-state index in [1.54, 1.807) is 0 Å². The van der Waals surface area contributed by atoms with Crippen molar-refractivity contribution in [2.45, 2.75) is 33.4 Å². The van der Waals surface area contributed by atoms with Crippen LogP contribution in [-0.2, 0) is 11.3 Å². The molecule has 7 heteroatoms. The topological polar surface area (TPSA) is 58.6 Å². The number of carboxylic acids is 1. The Morgan fingerprint density at radius 1 is 1.36 bits per heavy atom. The van der Waals surface area contributed by atoms with Gasteiger partial charge in [0.2, 0.25) is 0 Å². The van der Waals surface area contributed by atoms with Crippen molar-refractivity contribution >= 4 is 5.97 Å². The number of hydrogen-bond acceptors (Lipinski definition) is 3. The lowest BCUT2D eigenvalue weighted by Crippen LogP contribution is -2.29. The quantitative estimate of drug-likeness (QED) is 0.733. The highest BCUT2D eigenvalue weighted by atomic mass is 19.3. The number of ether oxygens (including phenoxy) is 1. The molecule has 0 heterocycles.